The van der Waals surface area contributed by atoms with Crippen molar-refractivity contribution < 1.29 is 9.90 Å². The molecule has 0 aliphatic heterocycles. The number of rotatable bonds is 2. The van der Waals surface area contributed by atoms with E-state index in [9.17, 15) is 9.90 Å². The Hall–Kier alpha value is -1.88. The van der Waals surface area contributed by atoms with Crippen molar-refractivity contribution >= 4 is 22.4 Å². The molecule has 106 valence electrons. The number of aromatic hydroxyl groups is 1. The minimum atomic E-state index is -0.256. The zero-order chi connectivity index (χ0) is 14.9. The molecule has 0 bridgehead atoms. The van der Waals surface area contributed by atoms with Crippen LogP contribution in [0.1, 0.15) is 42.4 Å². The Morgan fingerprint density at radius 2 is 2.05 bits per heavy atom. The van der Waals surface area contributed by atoms with Gasteiger partial charge in [-0.15, -0.1) is 11.3 Å². The van der Waals surface area contributed by atoms with Crippen LogP contribution in [0.15, 0.2) is 23.6 Å². The van der Waals surface area contributed by atoms with Gasteiger partial charge in [0.25, 0.3) is 5.91 Å². The van der Waals surface area contributed by atoms with Crippen molar-refractivity contribution in [2.45, 2.75) is 33.1 Å². The predicted octanol–water partition coefficient (Wildman–Crippen LogP) is 3.71. The molecule has 4 nitrogen and oxygen atoms in total. The molecule has 0 atom stereocenters. The van der Waals surface area contributed by atoms with Crippen LogP contribution in [-0.2, 0) is 5.41 Å². The molecule has 0 aliphatic rings. The van der Waals surface area contributed by atoms with Crippen LogP contribution < -0.4 is 5.32 Å². The summed E-state index contributed by atoms with van der Waals surface area (Å²) in [7, 11) is 0. The normalized spacial score (nSPS) is 11.4. The van der Waals surface area contributed by atoms with E-state index in [1.165, 1.54) is 11.3 Å². The van der Waals surface area contributed by atoms with E-state index in [2.05, 4.69) is 31.1 Å². The molecule has 5 heteroatoms. The maximum Gasteiger partial charge on any atom is 0.257 e. The first kappa shape index (κ1) is 14.5. The van der Waals surface area contributed by atoms with Crippen LogP contribution in [0.2, 0.25) is 0 Å². The second-order valence-electron chi connectivity index (χ2n) is 5.69. The van der Waals surface area contributed by atoms with E-state index in [1.807, 2.05) is 5.38 Å². The molecule has 20 heavy (non-hydrogen) atoms. The molecule has 0 fully saturated rings. The fourth-order valence-electron chi connectivity index (χ4n) is 1.71. The lowest BCUT2D eigenvalue weighted by Crippen LogP contribution is -2.15. The molecule has 0 aliphatic carbocycles. The molecule has 2 aromatic rings. The van der Waals surface area contributed by atoms with Crippen molar-refractivity contribution in [1.29, 1.82) is 0 Å². The SMILES string of the molecule is Cc1c(O)cccc1C(=O)Nc1nc(C(C)(C)C)cs1. The minimum Gasteiger partial charge on any atom is -0.508 e. The van der Waals surface area contributed by atoms with Crippen molar-refractivity contribution in [2.24, 2.45) is 0 Å². The lowest BCUT2D eigenvalue weighted by molar-refractivity contribution is 0.102. The lowest BCUT2D eigenvalue weighted by atomic mass is 9.93. The molecule has 0 saturated carbocycles. The molecule has 0 spiro atoms. The molecule has 1 heterocycles. The van der Waals surface area contributed by atoms with Gasteiger partial charge >= 0.3 is 0 Å². The van der Waals surface area contributed by atoms with Crippen LogP contribution in [0.3, 0.4) is 0 Å². The highest BCUT2D eigenvalue weighted by molar-refractivity contribution is 7.14. The summed E-state index contributed by atoms with van der Waals surface area (Å²) in [5.74, 6) is -0.139. The highest BCUT2D eigenvalue weighted by atomic mass is 32.1. The van der Waals surface area contributed by atoms with Gasteiger partial charge in [-0.1, -0.05) is 26.8 Å². The first-order chi connectivity index (χ1) is 9.29. The summed E-state index contributed by atoms with van der Waals surface area (Å²) >= 11 is 1.40. The Labute approximate surface area is 122 Å². The van der Waals surface area contributed by atoms with Gasteiger partial charge in [-0.2, -0.15) is 0 Å². The maximum absolute atomic E-state index is 12.2. The second-order valence-corrected chi connectivity index (χ2v) is 6.55. The van der Waals surface area contributed by atoms with Crippen LogP contribution >= 0.6 is 11.3 Å². The molecule has 0 saturated heterocycles. The van der Waals surface area contributed by atoms with Crippen LogP contribution in [0, 0.1) is 6.92 Å². The summed E-state index contributed by atoms with van der Waals surface area (Å²) < 4.78 is 0. The molecule has 1 aromatic heterocycles. The summed E-state index contributed by atoms with van der Waals surface area (Å²) in [6.45, 7) is 7.94. The minimum absolute atomic E-state index is 0.0413. The number of nitrogens with zero attached hydrogens (tertiary/aromatic N) is 1. The predicted molar refractivity (Wildman–Crippen MR) is 81.6 cm³/mol. The van der Waals surface area contributed by atoms with Crippen molar-refractivity contribution in [1.82, 2.24) is 4.98 Å². The van der Waals surface area contributed by atoms with Crippen molar-refractivity contribution in [3.05, 3.63) is 40.4 Å². The van der Waals surface area contributed by atoms with Gasteiger partial charge in [0.1, 0.15) is 5.75 Å². The van der Waals surface area contributed by atoms with E-state index in [-0.39, 0.29) is 17.1 Å². The summed E-state index contributed by atoms with van der Waals surface area (Å²) in [6.07, 6.45) is 0. The number of thiazole rings is 1. The summed E-state index contributed by atoms with van der Waals surface area (Å²) in [5.41, 5.74) is 1.93. The largest absolute Gasteiger partial charge is 0.508 e. The van der Waals surface area contributed by atoms with E-state index in [1.54, 1.807) is 25.1 Å². The van der Waals surface area contributed by atoms with E-state index in [0.717, 1.165) is 5.69 Å². The van der Waals surface area contributed by atoms with Gasteiger partial charge in [-0.05, 0) is 19.1 Å². The highest BCUT2D eigenvalue weighted by Crippen LogP contribution is 2.27. The van der Waals surface area contributed by atoms with E-state index in [4.69, 9.17) is 0 Å². The molecule has 1 aromatic carbocycles. The number of phenols is 1. The average Bonchev–Trinajstić information content (AvgIpc) is 2.81. The van der Waals surface area contributed by atoms with Crippen LogP contribution in [0.25, 0.3) is 0 Å². The molecule has 1 amide bonds. The average molecular weight is 290 g/mol. The number of carbonyl (C=O) groups is 1. The third-order valence-electron chi connectivity index (χ3n) is 3.04. The molecule has 2 rings (SSSR count). The molecular weight excluding hydrogens is 272 g/mol. The van der Waals surface area contributed by atoms with Crippen LogP contribution in [-0.4, -0.2) is 16.0 Å². The van der Waals surface area contributed by atoms with Crippen LogP contribution in [0.4, 0.5) is 5.13 Å². The third kappa shape index (κ3) is 2.99. The maximum atomic E-state index is 12.2. The zero-order valence-electron chi connectivity index (χ0n) is 12.0. The Morgan fingerprint density at radius 3 is 2.65 bits per heavy atom. The topological polar surface area (TPSA) is 62.2 Å². The summed E-state index contributed by atoms with van der Waals surface area (Å²) in [6, 6.07) is 4.90. The smallest absolute Gasteiger partial charge is 0.257 e. The number of hydrogen-bond acceptors (Lipinski definition) is 4. The van der Waals surface area contributed by atoms with Gasteiger partial charge in [0.05, 0.1) is 5.69 Å². The molecular formula is C15H18N2O2S. The lowest BCUT2D eigenvalue weighted by Gasteiger charge is -2.14. The number of amides is 1. The Kier molecular flexibility index (Phi) is 3.81. The van der Waals surface area contributed by atoms with E-state index >= 15 is 0 Å². The van der Waals surface area contributed by atoms with Gasteiger partial charge in [0.15, 0.2) is 5.13 Å². The Balaban J connectivity index is 2.20. The summed E-state index contributed by atoms with van der Waals surface area (Å²) in [5, 5.41) is 14.9. The molecule has 0 radical (unpaired) electrons. The fraction of sp³-hybridized carbons (Fsp3) is 0.333. The number of phenolic OH excluding ortho intramolecular Hbond substituents is 1. The van der Waals surface area contributed by atoms with Crippen LogP contribution in [0.5, 0.6) is 5.75 Å². The number of carbonyl (C=O) groups excluding carboxylic acids is 1. The van der Waals surface area contributed by atoms with Crippen molar-refractivity contribution in [3.63, 3.8) is 0 Å². The molecule has 2 N–H and O–H groups in total. The second kappa shape index (κ2) is 5.25. The monoisotopic (exact) mass is 290 g/mol. The van der Waals surface area contributed by atoms with Gasteiger partial charge < -0.3 is 5.11 Å². The first-order valence-electron chi connectivity index (χ1n) is 6.35. The van der Waals surface area contributed by atoms with Gasteiger partial charge in [-0.3, -0.25) is 10.1 Å². The van der Waals surface area contributed by atoms with Crippen molar-refractivity contribution in [2.75, 3.05) is 5.32 Å². The number of anilines is 1. The number of aromatic nitrogens is 1. The fourth-order valence-corrected chi connectivity index (χ4v) is 2.64. The van der Waals surface area contributed by atoms with Crippen molar-refractivity contribution in [3.8, 4) is 5.75 Å². The van der Waals surface area contributed by atoms with E-state index in [0.29, 0.717) is 16.3 Å². The number of nitrogens with one attached hydrogen (secondary N) is 1. The first-order valence-corrected chi connectivity index (χ1v) is 7.23. The van der Waals surface area contributed by atoms with E-state index < -0.39 is 0 Å². The number of benzene rings is 1. The standard InChI is InChI=1S/C15H18N2O2S/c1-9-10(6-5-7-11(9)18)13(19)17-14-16-12(8-20-14)15(2,3)4/h5-8,18H,1-4H3,(H,16,17,19). The third-order valence-corrected chi connectivity index (χ3v) is 3.80. The highest BCUT2D eigenvalue weighted by Gasteiger charge is 2.19. The summed E-state index contributed by atoms with van der Waals surface area (Å²) in [4.78, 5) is 16.6. The number of hydrogen-bond donors (Lipinski definition) is 2. The zero-order valence-corrected chi connectivity index (χ0v) is 12.8. The molecule has 0 unspecified atom stereocenters. The Bertz CT molecular complexity index is 642. The van der Waals surface area contributed by atoms with Gasteiger partial charge in [0.2, 0.25) is 0 Å². The van der Waals surface area contributed by atoms with Gasteiger partial charge in [-0.25, -0.2) is 4.98 Å². The Morgan fingerprint density at radius 1 is 1.35 bits per heavy atom. The quantitative estimate of drug-likeness (QED) is 0.886. The van der Waals surface area contributed by atoms with Gasteiger partial charge in [0, 0.05) is 21.9 Å².